The smallest absolute Gasteiger partial charge is 0.271 e. The molecular weight excluding hydrogens is 290 g/mol. The standard InChI is InChI=1S/C13H19N5O2S/c1-7(2)18(8(3)4)13-17-16-12(21-13)15-11(20)10(6-14)9(5)19/h7-8,19H,1-5H3,(H,15,16,20)/b10-9-. The molecule has 0 atom stereocenters. The van der Waals surface area contributed by atoms with Crippen LogP contribution < -0.4 is 10.2 Å². The summed E-state index contributed by atoms with van der Waals surface area (Å²) >= 11 is 1.22. The fourth-order valence-corrected chi connectivity index (χ4v) is 2.87. The van der Waals surface area contributed by atoms with Gasteiger partial charge in [0.25, 0.3) is 5.91 Å². The highest BCUT2D eigenvalue weighted by atomic mass is 32.1. The zero-order chi connectivity index (χ0) is 16.2. The Morgan fingerprint density at radius 1 is 1.33 bits per heavy atom. The maximum atomic E-state index is 11.8. The number of nitrogens with one attached hydrogen (secondary N) is 1. The molecule has 1 heterocycles. The summed E-state index contributed by atoms with van der Waals surface area (Å²) in [4.78, 5) is 13.9. The van der Waals surface area contributed by atoms with E-state index in [0.717, 1.165) is 0 Å². The van der Waals surface area contributed by atoms with Crippen LogP contribution in [0.5, 0.6) is 0 Å². The Morgan fingerprint density at radius 2 is 1.90 bits per heavy atom. The zero-order valence-corrected chi connectivity index (χ0v) is 13.5. The molecular formula is C13H19N5O2S. The number of hydrogen-bond donors (Lipinski definition) is 2. The third kappa shape index (κ3) is 4.16. The third-order valence-electron chi connectivity index (χ3n) is 2.67. The van der Waals surface area contributed by atoms with E-state index in [4.69, 9.17) is 5.26 Å². The highest BCUT2D eigenvalue weighted by Crippen LogP contribution is 2.27. The molecule has 0 unspecified atom stereocenters. The van der Waals surface area contributed by atoms with E-state index in [1.807, 2.05) is 27.7 Å². The minimum absolute atomic E-state index is 0.246. The number of amides is 1. The predicted octanol–water partition coefficient (Wildman–Crippen LogP) is 2.46. The summed E-state index contributed by atoms with van der Waals surface area (Å²) in [6.45, 7) is 9.47. The molecule has 1 rings (SSSR count). The molecule has 7 nitrogen and oxygen atoms in total. The average Bonchev–Trinajstić information content (AvgIpc) is 2.76. The molecule has 8 heteroatoms. The minimum Gasteiger partial charge on any atom is -0.511 e. The summed E-state index contributed by atoms with van der Waals surface area (Å²) in [6.07, 6.45) is 0. The average molecular weight is 309 g/mol. The van der Waals surface area contributed by atoms with E-state index < -0.39 is 5.91 Å². The van der Waals surface area contributed by atoms with Crippen LogP contribution in [0.3, 0.4) is 0 Å². The predicted molar refractivity (Wildman–Crippen MR) is 82.2 cm³/mol. The zero-order valence-electron chi connectivity index (χ0n) is 12.7. The number of rotatable bonds is 5. The quantitative estimate of drug-likeness (QED) is 0.492. The van der Waals surface area contributed by atoms with Gasteiger partial charge in [-0.15, -0.1) is 10.2 Å². The Kier molecular flexibility index (Phi) is 5.67. The number of allylic oxidation sites excluding steroid dienone is 1. The molecule has 0 saturated carbocycles. The van der Waals surface area contributed by atoms with Crippen molar-refractivity contribution in [1.82, 2.24) is 10.2 Å². The first-order chi connectivity index (χ1) is 9.77. The number of nitrogens with zero attached hydrogens (tertiary/aromatic N) is 4. The van der Waals surface area contributed by atoms with Gasteiger partial charge in [-0.05, 0) is 34.6 Å². The largest absolute Gasteiger partial charge is 0.511 e. The van der Waals surface area contributed by atoms with Crippen LogP contribution in [-0.2, 0) is 4.79 Å². The van der Waals surface area contributed by atoms with Crippen LogP contribution in [-0.4, -0.2) is 33.3 Å². The van der Waals surface area contributed by atoms with Crippen LogP contribution in [0.4, 0.5) is 10.3 Å². The van der Waals surface area contributed by atoms with Crippen LogP contribution in [0.1, 0.15) is 34.6 Å². The first-order valence-corrected chi connectivity index (χ1v) is 7.32. The molecule has 0 radical (unpaired) electrons. The van der Waals surface area contributed by atoms with Crippen LogP contribution in [0, 0.1) is 11.3 Å². The lowest BCUT2D eigenvalue weighted by molar-refractivity contribution is -0.112. The summed E-state index contributed by atoms with van der Waals surface area (Å²) in [5.41, 5.74) is -0.337. The van der Waals surface area contributed by atoms with Gasteiger partial charge in [0.15, 0.2) is 5.57 Å². The van der Waals surface area contributed by atoms with Gasteiger partial charge in [0.2, 0.25) is 10.3 Å². The van der Waals surface area contributed by atoms with Crippen molar-refractivity contribution < 1.29 is 9.90 Å². The van der Waals surface area contributed by atoms with Gasteiger partial charge in [-0.25, -0.2) is 0 Å². The van der Waals surface area contributed by atoms with Gasteiger partial charge >= 0.3 is 0 Å². The molecule has 114 valence electrons. The Morgan fingerprint density at radius 3 is 2.33 bits per heavy atom. The summed E-state index contributed by atoms with van der Waals surface area (Å²) in [5.74, 6) is -1.02. The van der Waals surface area contributed by atoms with Crippen LogP contribution in [0.15, 0.2) is 11.3 Å². The van der Waals surface area contributed by atoms with E-state index in [2.05, 4.69) is 20.4 Å². The Balaban J connectivity index is 2.93. The van der Waals surface area contributed by atoms with E-state index in [-0.39, 0.29) is 28.5 Å². The van der Waals surface area contributed by atoms with Gasteiger partial charge in [-0.2, -0.15) is 5.26 Å². The van der Waals surface area contributed by atoms with Crippen molar-refractivity contribution in [2.45, 2.75) is 46.7 Å². The van der Waals surface area contributed by atoms with Crippen molar-refractivity contribution in [1.29, 1.82) is 5.26 Å². The lowest BCUT2D eigenvalue weighted by Gasteiger charge is -2.29. The second-order valence-electron chi connectivity index (χ2n) is 5.01. The fourth-order valence-electron chi connectivity index (χ4n) is 1.86. The third-order valence-corrected chi connectivity index (χ3v) is 3.52. The lowest BCUT2D eigenvalue weighted by atomic mass is 10.2. The number of aliphatic hydroxyl groups is 1. The van der Waals surface area contributed by atoms with E-state index >= 15 is 0 Å². The van der Waals surface area contributed by atoms with E-state index in [0.29, 0.717) is 5.13 Å². The molecule has 0 saturated heterocycles. The molecule has 0 aliphatic carbocycles. The molecule has 0 aliphatic heterocycles. The van der Waals surface area contributed by atoms with Gasteiger partial charge < -0.3 is 10.0 Å². The molecule has 0 aliphatic rings. The number of anilines is 2. The van der Waals surface area contributed by atoms with E-state index in [1.165, 1.54) is 18.3 Å². The van der Waals surface area contributed by atoms with Gasteiger partial charge in [-0.1, -0.05) is 11.3 Å². The number of hydrogen-bond acceptors (Lipinski definition) is 7. The molecule has 1 aromatic rings. The number of aromatic nitrogens is 2. The minimum atomic E-state index is -0.694. The summed E-state index contributed by atoms with van der Waals surface area (Å²) in [6, 6.07) is 2.14. The summed E-state index contributed by atoms with van der Waals surface area (Å²) < 4.78 is 0. The number of carbonyl (C=O) groups excluding carboxylic acids is 1. The maximum absolute atomic E-state index is 11.8. The lowest BCUT2D eigenvalue weighted by Crippen LogP contribution is -2.36. The van der Waals surface area contributed by atoms with Crippen molar-refractivity contribution in [2.24, 2.45) is 0 Å². The molecule has 2 N–H and O–H groups in total. The van der Waals surface area contributed by atoms with Crippen molar-refractivity contribution in [3.8, 4) is 6.07 Å². The first kappa shape index (κ1) is 16.9. The summed E-state index contributed by atoms with van der Waals surface area (Å²) in [5, 5.41) is 29.5. The van der Waals surface area contributed by atoms with Crippen molar-refractivity contribution in [3.63, 3.8) is 0 Å². The molecule has 0 bridgehead atoms. The highest BCUT2D eigenvalue weighted by molar-refractivity contribution is 7.19. The number of aliphatic hydroxyl groups excluding tert-OH is 1. The van der Waals surface area contributed by atoms with Crippen molar-refractivity contribution in [2.75, 3.05) is 10.2 Å². The number of nitriles is 1. The first-order valence-electron chi connectivity index (χ1n) is 6.51. The van der Waals surface area contributed by atoms with Crippen LogP contribution in [0.25, 0.3) is 0 Å². The molecule has 1 aromatic heterocycles. The van der Waals surface area contributed by atoms with E-state index in [9.17, 15) is 9.90 Å². The Bertz CT molecular complexity index is 574. The monoisotopic (exact) mass is 309 g/mol. The van der Waals surface area contributed by atoms with Crippen molar-refractivity contribution >= 4 is 27.5 Å². The normalized spacial score (nSPS) is 12.1. The second kappa shape index (κ2) is 7.04. The van der Waals surface area contributed by atoms with Crippen molar-refractivity contribution in [3.05, 3.63) is 11.3 Å². The highest BCUT2D eigenvalue weighted by Gasteiger charge is 2.20. The van der Waals surface area contributed by atoms with Gasteiger partial charge in [0, 0.05) is 12.1 Å². The molecule has 0 fully saturated rings. The summed E-state index contributed by atoms with van der Waals surface area (Å²) in [7, 11) is 0. The molecule has 21 heavy (non-hydrogen) atoms. The molecule has 0 aromatic carbocycles. The SMILES string of the molecule is C/C(O)=C(\C#N)C(=O)Nc1nnc(N(C(C)C)C(C)C)s1. The fraction of sp³-hybridized carbons (Fsp3) is 0.538. The van der Waals surface area contributed by atoms with Gasteiger partial charge in [0.1, 0.15) is 11.8 Å². The molecule has 0 spiro atoms. The second-order valence-corrected chi connectivity index (χ2v) is 5.97. The Hall–Kier alpha value is -2.14. The maximum Gasteiger partial charge on any atom is 0.271 e. The number of carbonyl (C=O) groups is 1. The topological polar surface area (TPSA) is 102 Å². The van der Waals surface area contributed by atoms with E-state index in [1.54, 1.807) is 6.07 Å². The molecule has 1 amide bonds. The van der Waals surface area contributed by atoms with Gasteiger partial charge in [0.05, 0.1) is 0 Å². The van der Waals surface area contributed by atoms with Crippen LogP contribution >= 0.6 is 11.3 Å². The Labute approximate surface area is 127 Å². The van der Waals surface area contributed by atoms with Crippen LogP contribution in [0.2, 0.25) is 0 Å². The van der Waals surface area contributed by atoms with Gasteiger partial charge in [-0.3, -0.25) is 10.1 Å².